The molecular formula is C9H14N2O4S2. The third-order valence-corrected chi connectivity index (χ3v) is 4.01. The Balaban J connectivity index is 2.63. The average molecular weight is 278 g/mol. The Morgan fingerprint density at radius 1 is 1.53 bits per heavy atom. The summed E-state index contributed by atoms with van der Waals surface area (Å²) in [4.78, 5) is 15.2. The van der Waals surface area contributed by atoms with Crippen LogP contribution in [0.3, 0.4) is 0 Å². The van der Waals surface area contributed by atoms with Crippen LogP contribution < -0.4 is 4.72 Å². The fourth-order valence-corrected chi connectivity index (χ4v) is 2.58. The maximum atomic E-state index is 11.3. The van der Waals surface area contributed by atoms with E-state index < -0.39 is 10.0 Å². The number of anilines is 1. The molecule has 0 aromatic carbocycles. The smallest absolute Gasteiger partial charge is 0.311 e. The molecule has 17 heavy (non-hydrogen) atoms. The van der Waals surface area contributed by atoms with Crippen molar-refractivity contribution in [1.82, 2.24) is 4.98 Å². The van der Waals surface area contributed by atoms with Crippen molar-refractivity contribution in [1.29, 1.82) is 0 Å². The van der Waals surface area contributed by atoms with Gasteiger partial charge in [-0.05, 0) is 13.8 Å². The van der Waals surface area contributed by atoms with Gasteiger partial charge in [-0.25, -0.2) is 13.4 Å². The summed E-state index contributed by atoms with van der Waals surface area (Å²) in [5.74, 6) is -0.387. The monoisotopic (exact) mass is 278 g/mol. The van der Waals surface area contributed by atoms with Gasteiger partial charge in [-0.2, -0.15) is 0 Å². The zero-order valence-electron chi connectivity index (χ0n) is 9.60. The molecule has 0 saturated carbocycles. The van der Waals surface area contributed by atoms with Crippen LogP contribution >= 0.6 is 11.3 Å². The zero-order chi connectivity index (χ0) is 12.9. The minimum atomic E-state index is -3.32. The van der Waals surface area contributed by atoms with Crippen molar-refractivity contribution in [3.8, 4) is 0 Å². The molecular weight excluding hydrogens is 264 g/mol. The van der Waals surface area contributed by atoms with Crippen LogP contribution in [0.25, 0.3) is 0 Å². The molecule has 0 unspecified atom stereocenters. The number of thiazole rings is 1. The van der Waals surface area contributed by atoms with Gasteiger partial charge in [0.2, 0.25) is 10.0 Å². The first-order valence-corrected chi connectivity index (χ1v) is 7.60. The maximum Gasteiger partial charge on any atom is 0.311 e. The SMILES string of the molecule is CCOC(=O)Cc1csc(NS(=O)(=O)CC)n1. The van der Waals surface area contributed by atoms with E-state index in [4.69, 9.17) is 4.74 Å². The van der Waals surface area contributed by atoms with Crippen molar-refractivity contribution in [2.24, 2.45) is 0 Å². The number of nitrogens with zero attached hydrogens (tertiary/aromatic N) is 1. The van der Waals surface area contributed by atoms with E-state index in [0.717, 1.165) is 11.3 Å². The van der Waals surface area contributed by atoms with E-state index in [0.29, 0.717) is 12.3 Å². The van der Waals surface area contributed by atoms with Crippen LogP contribution in [0.4, 0.5) is 5.13 Å². The first-order valence-electron chi connectivity index (χ1n) is 5.07. The number of sulfonamides is 1. The highest BCUT2D eigenvalue weighted by Crippen LogP contribution is 2.17. The molecule has 1 N–H and O–H groups in total. The number of esters is 1. The molecule has 1 aromatic heterocycles. The third-order valence-electron chi connectivity index (χ3n) is 1.81. The number of carbonyl (C=O) groups excluding carboxylic acids is 1. The summed E-state index contributed by atoms with van der Waals surface area (Å²) in [5, 5.41) is 1.90. The van der Waals surface area contributed by atoms with Crippen molar-refractivity contribution < 1.29 is 17.9 Å². The lowest BCUT2D eigenvalue weighted by Gasteiger charge is -2.00. The Kier molecular flexibility index (Phi) is 4.88. The number of ether oxygens (including phenoxy) is 1. The van der Waals surface area contributed by atoms with Crippen LogP contribution in [0.1, 0.15) is 19.5 Å². The van der Waals surface area contributed by atoms with Crippen molar-refractivity contribution in [3.05, 3.63) is 11.1 Å². The second-order valence-corrected chi connectivity index (χ2v) is 6.00. The number of rotatable bonds is 6. The second-order valence-electron chi connectivity index (χ2n) is 3.13. The predicted molar refractivity (Wildman–Crippen MR) is 65.5 cm³/mol. The summed E-state index contributed by atoms with van der Waals surface area (Å²) < 4.78 is 29.6. The molecule has 6 nitrogen and oxygen atoms in total. The Labute approximate surface area is 104 Å². The average Bonchev–Trinajstić information content (AvgIpc) is 2.65. The molecule has 0 amide bonds. The van der Waals surface area contributed by atoms with Crippen molar-refractivity contribution >= 4 is 32.5 Å². The normalized spacial score (nSPS) is 11.2. The third kappa shape index (κ3) is 4.70. The Hall–Kier alpha value is -1.15. The highest BCUT2D eigenvalue weighted by Gasteiger charge is 2.12. The lowest BCUT2D eigenvalue weighted by molar-refractivity contribution is -0.142. The van der Waals surface area contributed by atoms with E-state index in [9.17, 15) is 13.2 Å². The first kappa shape index (κ1) is 13.9. The molecule has 0 radical (unpaired) electrons. The quantitative estimate of drug-likeness (QED) is 0.785. The van der Waals surface area contributed by atoms with E-state index in [1.54, 1.807) is 12.3 Å². The molecule has 8 heteroatoms. The van der Waals surface area contributed by atoms with E-state index in [1.807, 2.05) is 0 Å². The molecule has 0 fully saturated rings. The Morgan fingerprint density at radius 3 is 2.82 bits per heavy atom. The van der Waals surface area contributed by atoms with Gasteiger partial charge < -0.3 is 4.74 Å². The van der Waals surface area contributed by atoms with Crippen LogP contribution in [-0.2, 0) is 26.0 Å². The minimum absolute atomic E-state index is 0.0141. The predicted octanol–water partition coefficient (Wildman–Crippen LogP) is 1.01. The van der Waals surface area contributed by atoms with Gasteiger partial charge in [0.25, 0.3) is 0 Å². The first-order chi connectivity index (χ1) is 7.96. The molecule has 0 atom stereocenters. The van der Waals surface area contributed by atoms with E-state index in [2.05, 4.69) is 9.71 Å². The van der Waals surface area contributed by atoms with Gasteiger partial charge >= 0.3 is 5.97 Å². The molecule has 1 rings (SSSR count). The van der Waals surface area contributed by atoms with Crippen molar-refractivity contribution in [2.45, 2.75) is 20.3 Å². The standard InChI is InChI=1S/C9H14N2O4S2/c1-3-15-8(12)5-7-6-16-9(10-7)11-17(13,14)4-2/h6H,3-5H2,1-2H3,(H,10,11). The van der Waals surface area contributed by atoms with Crippen LogP contribution in [-0.4, -0.2) is 31.7 Å². The molecule has 0 aliphatic heterocycles. The highest BCUT2D eigenvalue weighted by molar-refractivity contribution is 7.92. The summed E-state index contributed by atoms with van der Waals surface area (Å²) in [7, 11) is -3.32. The van der Waals surface area contributed by atoms with Crippen LogP contribution in [0.15, 0.2) is 5.38 Å². The maximum absolute atomic E-state index is 11.3. The molecule has 0 bridgehead atoms. The van der Waals surface area contributed by atoms with Gasteiger partial charge in [0.05, 0.1) is 24.5 Å². The largest absolute Gasteiger partial charge is 0.466 e. The number of carbonyl (C=O) groups is 1. The van der Waals surface area contributed by atoms with Gasteiger partial charge in [-0.3, -0.25) is 9.52 Å². The van der Waals surface area contributed by atoms with Crippen LogP contribution in [0.5, 0.6) is 0 Å². The molecule has 96 valence electrons. The number of nitrogens with one attached hydrogen (secondary N) is 1. The number of hydrogen-bond acceptors (Lipinski definition) is 6. The fraction of sp³-hybridized carbons (Fsp3) is 0.556. The number of aromatic nitrogens is 1. The fourth-order valence-electron chi connectivity index (χ4n) is 1.00. The van der Waals surface area contributed by atoms with E-state index >= 15 is 0 Å². The lowest BCUT2D eigenvalue weighted by atomic mass is 10.3. The van der Waals surface area contributed by atoms with Gasteiger partial charge in [-0.1, -0.05) is 0 Å². The van der Waals surface area contributed by atoms with Gasteiger partial charge in [0.1, 0.15) is 0 Å². The lowest BCUT2D eigenvalue weighted by Crippen LogP contribution is -2.14. The van der Waals surface area contributed by atoms with Gasteiger partial charge in [0, 0.05) is 5.38 Å². The molecule has 1 aromatic rings. The summed E-state index contributed by atoms with van der Waals surface area (Å²) >= 11 is 1.14. The summed E-state index contributed by atoms with van der Waals surface area (Å²) in [5.41, 5.74) is 0.502. The van der Waals surface area contributed by atoms with E-state index in [-0.39, 0.29) is 23.3 Å². The topological polar surface area (TPSA) is 85.4 Å². The van der Waals surface area contributed by atoms with E-state index in [1.165, 1.54) is 6.92 Å². The zero-order valence-corrected chi connectivity index (χ0v) is 11.2. The van der Waals surface area contributed by atoms with Crippen molar-refractivity contribution in [2.75, 3.05) is 17.1 Å². The highest BCUT2D eigenvalue weighted by atomic mass is 32.2. The van der Waals surface area contributed by atoms with Crippen molar-refractivity contribution in [3.63, 3.8) is 0 Å². The molecule has 1 heterocycles. The van der Waals surface area contributed by atoms with Crippen LogP contribution in [0, 0.1) is 0 Å². The summed E-state index contributed by atoms with van der Waals surface area (Å²) in [6, 6.07) is 0. The van der Waals surface area contributed by atoms with Gasteiger partial charge in [-0.15, -0.1) is 11.3 Å². The molecule has 0 spiro atoms. The summed E-state index contributed by atoms with van der Waals surface area (Å²) in [6.45, 7) is 3.58. The van der Waals surface area contributed by atoms with Gasteiger partial charge in [0.15, 0.2) is 5.13 Å². The number of hydrogen-bond donors (Lipinski definition) is 1. The Bertz CT molecular complexity index is 481. The summed E-state index contributed by atoms with van der Waals surface area (Å²) in [6.07, 6.45) is 0.0538. The molecule has 0 saturated heterocycles. The molecule has 0 aliphatic rings. The minimum Gasteiger partial charge on any atom is -0.466 e. The second kappa shape index (κ2) is 5.97. The van der Waals surface area contributed by atoms with Crippen LogP contribution in [0.2, 0.25) is 0 Å². The molecule has 0 aliphatic carbocycles. The Morgan fingerprint density at radius 2 is 2.24 bits per heavy atom.